The summed E-state index contributed by atoms with van der Waals surface area (Å²) in [4.78, 5) is 13.0. The number of benzene rings is 3. The second-order valence-electron chi connectivity index (χ2n) is 6.74. The van der Waals surface area contributed by atoms with E-state index in [4.69, 9.17) is 11.6 Å². The van der Waals surface area contributed by atoms with E-state index in [0.717, 1.165) is 9.87 Å². The molecule has 3 aromatic rings. The van der Waals surface area contributed by atoms with Gasteiger partial charge in [0, 0.05) is 5.02 Å². The number of anilines is 1. The molecule has 30 heavy (non-hydrogen) atoms. The fraction of sp³-hybridized carbons (Fsp3) is 0.174. The van der Waals surface area contributed by atoms with Crippen LogP contribution in [-0.4, -0.2) is 20.9 Å². The Morgan fingerprint density at radius 3 is 2.20 bits per heavy atom. The van der Waals surface area contributed by atoms with Crippen molar-refractivity contribution in [3.8, 4) is 0 Å². The predicted octanol–water partition coefficient (Wildman–Crippen LogP) is 4.80. The van der Waals surface area contributed by atoms with E-state index in [1.165, 1.54) is 18.2 Å². The van der Waals surface area contributed by atoms with Crippen molar-refractivity contribution in [2.24, 2.45) is 0 Å². The Morgan fingerprint density at radius 2 is 1.60 bits per heavy atom. The van der Waals surface area contributed by atoms with Gasteiger partial charge in [0.15, 0.2) is 0 Å². The number of rotatable bonds is 8. The normalized spacial score (nSPS) is 12.2. The number of amides is 1. The standard InChI is InChI=1S/C23H23ClN2O3S/c1-2-22(18-10-5-3-6-11-18)25-23(27)17-26(20-13-9-12-19(24)16-20)30(28,29)21-14-7-4-8-15-21/h3-16,22H,2,17H2,1H3,(H,25,27). The van der Waals surface area contributed by atoms with Gasteiger partial charge >= 0.3 is 0 Å². The van der Waals surface area contributed by atoms with E-state index < -0.39 is 15.9 Å². The van der Waals surface area contributed by atoms with Crippen LogP contribution >= 0.6 is 11.6 Å². The Kier molecular flexibility index (Phi) is 7.13. The van der Waals surface area contributed by atoms with Crippen molar-refractivity contribution in [2.75, 3.05) is 10.8 Å². The zero-order chi connectivity index (χ0) is 21.6. The third-order valence-electron chi connectivity index (χ3n) is 4.66. The van der Waals surface area contributed by atoms with Gasteiger partial charge in [0.2, 0.25) is 5.91 Å². The molecule has 5 nitrogen and oxygen atoms in total. The fourth-order valence-corrected chi connectivity index (χ4v) is 4.76. The second kappa shape index (κ2) is 9.78. The number of halogens is 1. The van der Waals surface area contributed by atoms with Crippen LogP contribution < -0.4 is 9.62 Å². The number of nitrogens with one attached hydrogen (secondary N) is 1. The van der Waals surface area contributed by atoms with Gasteiger partial charge in [0.05, 0.1) is 16.6 Å². The minimum atomic E-state index is -3.96. The van der Waals surface area contributed by atoms with Crippen LogP contribution in [0.3, 0.4) is 0 Å². The number of hydrogen-bond acceptors (Lipinski definition) is 3. The lowest BCUT2D eigenvalue weighted by atomic mass is 10.0. The average Bonchev–Trinajstić information content (AvgIpc) is 2.77. The van der Waals surface area contributed by atoms with E-state index >= 15 is 0 Å². The van der Waals surface area contributed by atoms with Gasteiger partial charge in [-0.1, -0.05) is 73.1 Å². The molecule has 156 valence electrons. The average molecular weight is 443 g/mol. The molecule has 0 saturated heterocycles. The van der Waals surface area contributed by atoms with Gasteiger partial charge in [0.1, 0.15) is 6.54 Å². The first-order chi connectivity index (χ1) is 14.4. The first kappa shape index (κ1) is 21.9. The van der Waals surface area contributed by atoms with Crippen molar-refractivity contribution >= 4 is 33.2 Å². The fourth-order valence-electron chi connectivity index (χ4n) is 3.14. The molecule has 1 unspecified atom stereocenters. The van der Waals surface area contributed by atoms with Gasteiger partial charge in [-0.2, -0.15) is 0 Å². The van der Waals surface area contributed by atoms with Crippen molar-refractivity contribution in [3.05, 3.63) is 95.5 Å². The summed E-state index contributed by atoms with van der Waals surface area (Å²) in [6, 6.07) is 23.9. The van der Waals surface area contributed by atoms with E-state index in [1.807, 2.05) is 37.3 Å². The van der Waals surface area contributed by atoms with Crippen LogP contribution in [0.2, 0.25) is 5.02 Å². The third-order valence-corrected chi connectivity index (χ3v) is 6.68. The van der Waals surface area contributed by atoms with Gasteiger partial charge in [-0.15, -0.1) is 0 Å². The number of nitrogens with zero attached hydrogens (tertiary/aromatic N) is 1. The summed E-state index contributed by atoms with van der Waals surface area (Å²) in [6.07, 6.45) is 0.679. The van der Waals surface area contributed by atoms with Crippen LogP contribution in [0.1, 0.15) is 24.9 Å². The lowest BCUT2D eigenvalue weighted by Crippen LogP contribution is -2.42. The van der Waals surface area contributed by atoms with Gasteiger partial charge in [-0.25, -0.2) is 8.42 Å². The maximum atomic E-state index is 13.3. The Bertz CT molecular complexity index is 1090. The van der Waals surface area contributed by atoms with Gasteiger partial charge in [-0.05, 0) is 42.3 Å². The van der Waals surface area contributed by atoms with E-state index in [2.05, 4.69) is 5.32 Å². The minimum Gasteiger partial charge on any atom is -0.348 e. The molecule has 1 amide bonds. The SMILES string of the molecule is CCC(NC(=O)CN(c1cccc(Cl)c1)S(=O)(=O)c1ccccc1)c1ccccc1. The summed E-state index contributed by atoms with van der Waals surface area (Å²) in [7, 11) is -3.96. The molecule has 0 bridgehead atoms. The van der Waals surface area contributed by atoms with Gasteiger partial charge in [0.25, 0.3) is 10.0 Å². The summed E-state index contributed by atoms with van der Waals surface area (Å²) in [6.45, 7) is 1.61. The molecule has 0 heterocycles. The predicted molar refractivity (Wildman–Crippen MR) is 120 cm³/mol. The maximum absolute atomic E-state index is 13.3. The topological polar surface area (TPSA) is 66.5 Å². The van der Waals surface area contributed by atoms with E-state index in [0.29, 0.717) is 17.1 Å². The summed E-state index contributed by atoms with van der Waals surface area (Å²) in [5, 5.41) is 3.33. The Hall–Kier alpha value is -2.83. The smallest absolute Gasteiger partial charge is 0.264 e. The van der Waals surface area contributed by atoms with E-state index in [-0.39, 0.29) is 17.5 Å². The maximum Gasteiger partial charge on any atom is 0.264 e. The molecule has 0 aromatic heterocycles. The zero-order valence-corrected chi connectivity index (χ0v) is 18.1. The molecular formula is C23H23ClN2O3S. The summed E-state index contributed by atoms with van der Waals surface area (Å²) in [5.74, 6) is -0.398. The molecule has 0 spiro atoms. The first-order valence-corrected chi connectivity index (χ1v) is 11.4. The quantitative estimate of drug-likeness (QED) is 0.544. The van der Waals surface area contributed by atoms with Crippen LogP contribution in [-0.2, 0) is 14.8 Å². The molecular weight excluding hydrogens is 420 g/mol. The molecule has 3 rings (SSSR count). The van der Waals surface area contributed by atoms with Crippen LogP contribution in [0.5, 0.6) is 0 Å². The molecule has 7 heteroatoms. The highest BCUT2D eigenvalue weighted by Crippen LogP contribution is 2.26. The summed E-state index contributed by atoms with van der Waals surface area (Å²) < 4.78 is 27.7. The van der Waals surface area contributed by atoms with Crippen molar-refractivity contribution < 1.29 is 13.2 Å². The monoisotopic (exact) mass is 442 g/mol. The molecule has 0 aliphatic heterocycles. The molecule has 1 atom stereocenters. The van der Waals surface area contributed by atoms with Crippen LogP contribution in [0.25, 0.3) is 0 Å². The van der Waals surface area contributed by atoms with Crippen molar-refractivity contribution in [1.29, 1.82) is 0 Å². The van der Waals surface area contributed by atoms with Gasteiger partial charge in [-0.3, -0.25) is 9.10 Å². The molecule has 0 saturated carbocycles. The molecule has 0 aliphatic rings. The van der Waals surface area contributed by atoms with Crippen LogP contribution in [0, 0.1) is 0 Å². The number of sulfonamides is 1. The molecule has 0 fully saturated rings. The van der Waals surface area contributed by atoms with E-state index in [9.17, 15) is 13.2 Å². The molecule has 0 radical (unpaired) electrons. The van der Waals surface area contributed by atoms with Gasteiger partial charge < -0.3 is 5.32 Å². The van der Waals surface area contributed by atoms with E-state index in [1.54, 1.807) is 36.4 Å². The zero-order valence-electron chi connectivity index (χ0n) is 16.5. The van der Waals surface area contributed by atoms with Crippen LogP contribution in [0.15, 0.2) is 89.8 Å². The molecule has 1 N–H and O–H groups in total. The molecule has 0 aliphatic carbocycles. The number of hydrogen-bond donors (Lipinski definition) is 1. The lowest BCUT2D eigenvalue weighted by Gasteiger charge is -2.26. The highest BCUT2D eigenvalue weighted by molar-refractivity contribution is 7.92. The first-order valence-electron chi connectivity index (χ1n) is 9.59. The molecule has 3 aromatic carbocycles. The Balaban J connectivity index is 1.90. The van der Waals surface area contributed by atoms with Crippen molar-refractivity contribution in [3.63, 3.8) is 0 Å². The van der Waals surface area contributed by atoms with Crippen molar-refractivity contribution in [2.45, 2.75) is 24.3 Å². The summed E-state index contributed by atoms with van der Waals surface area (Å²) >= 11 is 6.09. The Morgan fingerprint density at radius 1 is 0.967 bits per heavy atom. The minimum absolute atomic E-state index is 0.105. The van der Waals surface area contributed by atoms with Crippen molar-refractivity contribution in [1.82, 2.24) is 5.32 Å². The highest BCUT2D eigenvalue weighted by atomic mass is 35.5. The Labute approximate surface area is 182 Å². The van der Waals surface area contributed by atoms with Crippen LogP contribution in [0.4, 0.5) is 5.69 Å². The lowest BCUT2D eigenvalue weighted by molar-refractivity contribution is -0.120. The summed E-state index contributed by atoms with van der Waals surface area (Å²) in [5.41, 5.74) is 1.29. The largest absolute Gasteiger partial charge is 0.348 e. The third kappa shape index (κ3) is 5.20. The second-order valence-corrected chi connectivity index (χ2v) is 9.04. The number of carbonyl (C=O) groups is 1. The highest BCUT2D eigenvalue weighted by Gasteiger charge is 2.28. The number of carbonyl (C=O) groups excluding carboxylic acids is 1.